The first-order valence-electron chi connectivity index (χ1n) is 12.7. The predicted octanol–water partition coefficient (Wildman–Crippen LogP) is 1.57. The van der Waals surface area contributed by atoms with E-state index in [9.17, 15) is 35.1 Å². The lowest BCUT2D eigenvalue weighted by Crippen LogP contribution is -2.56. The maximum atomic E-state index is 13.0. The third-order valence-corrected chi connectivity index (χ3v) is 6.58. The summed E-state index contributed by atoms with van der Waals surface area (Å²) in [5.41, 5.74) is 0. The molecule has 9 heteroatoms. The molecule has 0 radical (unpaired) electrons. The molecule has 33 heavy (non-hydrogen) atoms. The van der Waals surface area contributed by atoms with Crippen molar-refractivity contribution >= 4 is 11.9 Å². The van der Waals surface area contributed by atoms with Crippen LogP contribution < -0.4 is 0 Å². The first-order chi connectivity index (χ1) is 15.8. The number of amides is 1. The number of nitrogens with zero attached hydrogens (tertiary/aromatic N) is 1. The van der Waals surface area contributed by atoms with E-state index in [-0.39, 0.29) is 13.0 Å². The molecule has 1 rings (SSSR count). The van der Waals surface area contributed by atoms with Crippen LogP contribution in [-0.4, -0.2) is 91.0 Å². The highest BCUT2D eigenvalue weighted by molar-refractivity contribution is 5.86. The van der Waals surface area contributed by atoms with E-state index in [4.69, 9.17) is 5.11 Å². The maximum absolute atomic E-state index is 13.0. The minimum absolute atomic E-state index is 0.123. The fourth-order valence-electron chi connectivity index (χ4n) is 4.41. The number of carboxylic acids is 1. The number of carbonyl (C=O) groups is 2. The zero-order valence-corrected chi connectivity index (χ0v) is 19.9. The summed E-state index contributed by atoms with van der Waals surface area (Å²) >= 11 is 0. The third-order valence-electron chi connectivity index (χ3n) is 6.58. The highest BCUT2D eigenvalue weighted by Crippen LogP contribution is 2.19. The smallest absolute Gasteiger partial charge is 0.326 e. The van der Waals surface area contributed by atoms with Crippen LogP contribution in [0.3, 0.4) is 0 Å². The summed E-state index contributed by atoms with van der Waals surface area (Å²) in [6.45, 7) is -0.737. The van der Waals surface area contributed by atoms with Gasteiger partial charge < -0.3 is 35.5 Å². The highest BCUT2D eigenvalue weighted by atomic mass is 16.4. The second kappa shape index (κ2) is 17.2. The number of carbonyl (C=O) groups excluding carboxylic acids is 1. The van der Waals surface area contributed by atoms with Gasteiger partial charge in [0.15, 0.2) is 6.10 Å². The average Bonchev–Trinajstić information content (AvgIpc) is 2.81. The lowest BCUT2D eigenvalue weighted by Gasteiger charge is -2.33. The SMILES string of the molecule is O=C(O)C1CCCCCCCCCCCCCCCCN1C(=O)[C@H](O)[C@@H](O)[C@H](O)[C@H](O)CO. The number of aliphatic hydroxyl groups is 5. The maximum Gasteiger partial charge on any atom is 0.326 e. The summed E-state index contributed by atoms with van der Waals surface area (Å²) in [7, 11) is 0. The van der Waals surface area contributed by atoms with Gasteiger partial charge in [-0.1, -0.05) is 83.5 Å². The van der Waals surface area contributed by atoms with Gasteiger partial charge in [0, 0.05) is 6.54 Å². The lowest BCUT2D eigenvalue weighted by molar-refractivity contribution is -0.165. The molecule has 1 heterocycles. The summed E-state index contributed by atoms with van der Waals surface area (Å²) in [6.07, 6.45) is 6.79. The molecular formula is C24H45NO8. The molecule has 0 bridgehead atoms. The van der Waals surface area contributed by atoms with Crippen molar-refractivity contribution in [3.05, 3.63) is 0 Å². The minimum atomic E-state index is -2.11. The van der Waals surface area contributed by atoms with Crippen molar-refractivity contribution in [1.29, 1.82) is 0 Å². The average molecular weight is 476 g/mol. The Bertz CT molecular complexity index is 547. The number of aliphatic hydroxyl groups excluding tert-OH is 5. The molecule has 0 spiro atoms. The van der Waals surface area contributed by atoms with Gasteiger partial charge in [-0.25, -0.2) is 4.79 Å². The largest absolute Gasteiger partial charge is 0.480 e. The Hall–Kier alpha value is -1.26. The molecule has 0 aromatic carbocycles. The monoisotopic (exact) mass is 475 g/mol. The molecule has 0 saturated carbocycles. The molecule has 0 aromatic heterocycles. The Labute approximate surface area is 197 Å². The standard InChI is InChI=1S/C24H45NO8/c26-17-19(27)20(28)21(29)22(30)23(31)25-16-14-12-10-8-6-4-2-1-3-5-7-9-11-13-15-18(25)24(32)33/h18-22,26-30H,1-17H2,(H,32,33)/t18?,19-,20-,21+,22-/m1/s1. The number of hydrogen-bond acceptors (Lipinski definition) is 7. The number of aliphatic carboxylic acids is 1. The minimum Gasteiger partial charge on any atom is -0.480 e. The van der Waals surface area contributed by atoms with Crippen molar-refractivity contribution in [3.63, 3.8) is 0 Å². The van der Waals surface area contributed by atoms with E-state index in [0.717, 1.165) is 49.8 Å². The highest BCUT2D eigenvalue weighted by Gasteiger charge is 2.39. The van der Waals surface area contributed by atoms with Crippen LogP contribution in [0.5, 0.6) is 0 Å². The van der Waals surface area contributed by atoms with Crippen LogP contribution in [0.15, 0.2) is 0 Å². The second-order valence-corrected chi connectivity index (χ2v) is 9.30. The molecule has 1 amide bonds. The van der Waals surface area contributed by atoms with E-state index >= 15 is 0 Å². The zero-order chi connectivity index (χ0) is 24.6. The van der Waals surface area contributed by atoms with Gasteiger partial charge in [0.2, 0.25) is 0 Å². The predicted molar refractivity (Wildman–Crippen MR) is 124 cm³/mol. The Balaban J connectivity index is 2.89. The first-order valence-corrected chi connectivity index (χ1v) is 12.7. The van der Waals surface area contributed by atoms with Crippen molar-refractivity contribution in [1.82, 2.24) is 4.90 Å². The van der Waals surface area contributed by atoms with Crippen molar-refractivity contribution < 1.29 is 40.2 Å². The van der Waals surface area contributed by atoms with Gasteiger partial charge >= 0.3 is 5.97 Å². The Morgan fingerprint density at radius 2 is 1.12 bits per heavy atom. The first kappa shape index (κ1) is 29.8. The van der Waals surface area contributed by atoms with E-state index in [1.54, 1.807) is 0 Å². The zero-order valence-electron chi connectivity index (χ0n) is 19.9. The molecule has 1 unspecified atom stereocenters. The van der Waals surface area contributed by atoms with Crippen LogP contribution in [-0.2, 0) is 9.59 Å². The molecule has 1 saturated heterocycles. The molecular weight excluding hydrogens is 430 g/mol. The van der Waals surface area contributed by atoms with Gasteiger partial charge in [0.25, 0.3) is 5.91 Å². The Morgan fingerprint density at radius 3 is 1.55 bits per heavy atom. The summed E-state index contributed by atoms with van der Waals surface area (Å²) in [5.74, 6) is -2.16. The Kier molecular flexibility index (Phi) is 15.5. The molecule has 1 fully saturated rings. The van der Waals surface area contributed by atoms with Crippen LogP contribution in [0.25, 0.3) is 0 Å². The van der Waals surface area contributed by atoms with Crippen molar-refractivity contribution in [2.45, 2.75) is 127 Å². The van der Waals surface area contributed by atoms with E-state index in [0.29, 0.717) is 12.8 Å². The molecule has 9 nitrogen and oxygen atoms in total. The number of hydrogen-bond donors (Lipinski definition) is 6. The van der Waals surface area contributed by atoms with E-state index in [1.165, 1.54) is 32.1 Å². The van der Waals surface area contributed by atoms with Crippen LogP contribution in [0.2, 0.25) is 0 Å². The van der Waals surface area contributed by atoms with Gasteiger partial charge in [0.1, 0.15) is 24.4 Å². The van der Waals surface area contributed by atoms with E-state index in [1.807, 2.05) is 0 Å². The van der Waals surface area contributed by atoms with E-state index < -0.39 is 48.9 Å². The van der Waals surface area contributed by atoms with Crippen molar-refractivity contribution in [2.75, 3.05) is 13.2 Å². The van der Waals surface area contributed by atoms with Crippen molar-refractivity contribution in [3.8, 4) is 0 Å². The van der Waals surface area contributed by atoms with Crippen LogP contribution >= 0.6 is 0 Å². The molecule has 5 atom stereocenters. The summed E-state index contributed by atoms with van der Waals surface area (Å²) in [5, 5.41) is 58.7. The van der Waals surface area contributed by atoms with Gasteiger partial charge in [-0.3, -0.25) is 4.79 Å². The number of carboxylic acid groups (broad SMARTS) is 1. The van der Waals surface area contributed by atoms with E-state index in [2.05, 4.69) is 0 Å². The summed E-state index contributed by atoms with van der Waals surface area (Å²) in [4.78, 5) is 26.1. The van der Waals surface area contributed by atoms with Gasteiger partial charge in [-0.05, 0) is 12.8 Å². The third kappa shape index (κ3) is 11.1. The lowest BCUT2D eigenvalue weighted by atomic mass is 9.99. The Morgan fingerprint density at radius 1 is 0.697 bits per heavy atom. The molecule has 194 valence electrons. The number of rotatable bonds is 6. The molecule has 0 aromatic rings. The van der Waals surface area contributed by atoms with Crippen LogP contribution in [0, 0.1) is 0 Å². The fraction of sp³-hybridized carbons (Fsp3) is 0.917. The van der Waals surface area contributed by atoms with Gasteiger partial charge in [-0.2, -0.15) is 0 Å². The van der Waals surface area contributed by atoms with Crippen molar-refractivity contribution in [2.24, 2.45) is 0 Å². The quantitative estimate of drug-likeness (QED) is 0.338. The summed E-state index contributed by atoms with van der Waals surface area (Å²) < 4.78 is 0. The second-order valence-electron chi connectivity index (χ2n) is 9.30. The molecule has 0 aliphatic carbocycles. The van der Waals surface area contributed by atoms with Gasteiger partial charge in [0.05, 0.1) is 6.61 Å². The molecule has 1 aliphatic heterocycles. The summed E-state index contributed by atoms with van der Waals surface area (Å²) in [6, 6.07) is -1.14. The van der Waals surface area contributed by atoms with Gasteiger partial charge in [-0.15, -0.1) is 0 Å². The molecule has 1 aliphatic rings. The van der Waals surface area contributed by atoms with Crippen LogP contribution in [0.1, 0.15) is 96.3 Å². The topological polar surface area (TPSA) is 159 Å². The van der Waals surface area contributed by atoms with Crippen LogP contribution in [0.4, 0.5) is 0 Å². The fourth-order valence-corrected chi connectivity index (χ4v) is 4.41. The molecule has 6 N–H and O–H groups in total. The normalized spacial score (nSPS) is 24.6.